The molecule has 1 rings (SSSR count). The number of benzene rings is 1. The van der Waals surface area contributed by atoms with Gasteiger partial charge >= 0.3 is 5.97 Å². The van der Waals surface area contributed by atoms with Crippen molar-refractivity contribution in [2.75, 3.05) is 6.61 Å². The summed E-state index contributed by atoms with van der Waals surface area (Å²) in [6.45, 7) is 4.69. The molecule has 16 heavy (non-hydrogen) atoms. The third-order valence-corrected chi connectivity index (χ3v) is 2.49. The van der Waals surface area contributed by atoms with Crippen LogP contribution in [-0.4, -0.2) is 12.6 Å². The molecular weight excluding hydrogens is 202 g/mol. The third kappa shape index (κ3) is 3.66. The number of carbonyl (C=O) groups excluding carboxylic acids is 1. The third-order valence-electron chi connectivity index (χ3n) is 2.49. The molecule has 0 spiro atoms. The minimum Gasteiger partial charge on any atom is -0.466 e. The van der Waals surface area contributed by atoms with Gasteiger partial charge in [-0.2, -0.15) is 0 Å². The molecule has 88 valence electrons. The van der Waals surface area contributed by atoms with Crippen molar-refractivity contribution < 1.29 is 9.53 Å². The molecule has 0 saturated heterocycles. The van der Waals surface area contributed by atoms with Gasteiger partial charge in [0, 0.05) is 6.54 Å². The monoisotopic (exact) mass is 221 g/mol. The van der Waals surface area contributed by atoms with E-state index >= 15 is 0 Å². The minimum atomic E-state index is -0.134. The van der Waals surface area contributed by atoms with Gasteiger partial charge < -0.3 is 10.5 Å². The lowest BCUT2D eigenvalue weighted by Crippen LogP contribution is -2.16. The molecule has 0 fully saturated rings. The van der Waals surface area contributed by atoms with Crippen molar-refractivity contribution in [3.8, 4) is 0 Å². The SMILES string of the molecule is CCOC(=O)[C@@H](C)Cc1ccc(CN)cc1. The summed E-state index contributed by atoms with van der Waals surface area (Å²) in [6.07, 6.45) is 0.712. The molecule has 1 atom stereocenters. The number of hydrogen-bond donors (Lipinski definition) is 1. The smallest absolute Gasteiger partial charge is 0.308 e. The van der Waals surface area contributed by atoms with Crippen LogP contribution in [0.25, 0.3) is 0 Å². The first kappa shape index (κ1) is 12.7. The van der Waals surface area contributed by atoms with E-state index in [1.54, 1.807) is 0 Å². The predicted molar refractivity (Wildman–Crippen MR) is 63.8 cm³/mol. The predicted octanol–water partition coefficient (Wildman–Crippen LogP) is 1.89. The van der Waals surface area contributed by atoms with E-state index in [1.807, 2.05) is 38.1 Å². The fraction of sp³-hybridized carbons (Fsp3) is 0.462. The van der Waals surface area contributed by atoms with Crippen molar-refractivity contribution in [3.63, 3.8) is 0 Å². The van der Waals surface area contributed by atoms with Crippen LogP contribution in [0, 0.1) is 5.92 Å². The van der Waals surface area contributed by atoms with Gasteiger partial charge in [-0.25, -0.2) is 0 Å². The van der Waals surface area contributed by atoms with E-state index in [1.165, 1.54) is 0 Å². The van der Waals surface area contributed by atoms with Crippen molar-refractivity contribution in [2.24, 2.45) is 11.7 Å². The molecule has 3 nitrogen and oxygen atoms in total. The largest absolute Gasteiger partial charge is 0.466 e. The van der Waals surface area contributed by atoms with Gasteiger partial charge in [-0.1, -0.05) is 31.2 Å². The van der Waals surface area contributed by atoms with Crippen LogP contribution in [0.1, 0.15) is 25.0 Å². The average molecular weight is 221 g/mol. The standard InChI is InChI=1S/C13H19NO2/c1-3-16-13(15)10(2)8-11-4-6-12(9-14)7-5-11/h4-7,10H,3,8-9,14H2,1-2H3/t10-/m0/s1. The zero-order chi connectivity index (χ0) is 12.0. The Hall–Kier alpha value is -1.35. The molecule has 0 amide bonds. The molecule has 0 radical (unpaired) electrons. The lowest BCUT2D eigenvalue weighted by atomic mass is 10.0. The van der Waals surface area contributed by atoms with Crippen LogP contribution in [0.5, 0.6) is 0 Å². The van der Waals surface area contributed by atoms with Crippen LogP contribution in [0.15, 0.2) is 24.3 Å². The van der Waals surface area contributed by atoms with Gasteiger partial charge in [0.05, 0.1) is 12.5 Å². The summed E-state index contributed by atoms with van der Waals surface area (Å²) in [4.78, 5) is 11.4. The van der Waals surface area contributed by atoms with E-state index in [0.717, 1.165) is 11.1 Å². The maximum atomic E-state index is 11.4. The van der Waals surface area contributed by atoms with E-state index in [2.05, 4.69) is 0 Å². The fourth-order valence-electron chi connectivity index (χ4n) is 1.53. The molecule has 3 heteroatoms. The Bertz CT molecular complexity index is 332. The number of nitrogens with two attached hydrogens (primary N) is 1. The Morgan fingerprint density at radius 1 is 1.31 bits per heavy atom. The summed E-state index contributed by atoms with van der Waals surface area (Å²) in [5.74, 6) is -0.228. The number of esters is 1. The van der Waals surface area contributed by atoms with Crippen LogP contribution in [0.4, 0.5) is 0 Å². The highest BCUT2D eigenvalue weighted by molar-refractivity contribution is 5.72. The van der Waals surface area contributed by atoms with Crippen molar-refractivity contribution in [1.82, 2.24) is 0 Å². The molecule has 1 aromatic carbocycles. The summed E-state index contributed by atoms with van der Waals surface area (Å²) >= 11 is 0. The normalized spacial score (nSPS) is 12.2. The average Bonchev–Trinajstić information content (AvgIpc) is 2.30. The van der Waals surface area contributed by atoms with Crippen LogP contribution in [0.2, 0.25) is 0 Å². The van der Waals surface area contributed by atoms with Crippen molar-refractivity contribution in [3.05, 3.63) is 35.4 Å². The van der Waals surface area contributed by atoms with Gasteiger partial charge in [0.15, 0.2) is 0 Å². The fourth-order valence-corrected chi connectivity index (χ4v) is 1.53. The van der Waals surface area contributed by atoms with Crippen molar-refractivity contribution >= 4 is 5.97 Å². The van der Waals surface area contributed by atoms with Gasteiger partial charge in [-0.05, 0) is 24.5 Å². The molecule has 0 bridgehead atoms. The lowest BCUT2D eigenvalue weighted by molar-refractivity contribution is -0.147. The Morgan fingerprint density at radius 3 is 2.38 bits per heavy atom. The van der Waals surface area contributed by atoms with Crippen molar-refractivity contribution in [2.45, 2.75) is 26.8 Å². The number of hydrogen-bond acceptors (Lipinski definition) is 3. The molecule has 0 aliphatic rings. The zero-order valence-electron chi connectivity index (χ0n) is 9.90. The van der Waals surface area contributed by atoms with E-state index in [9.17, 15) is 4.79 Å². The minimum absolute atomic E-state index is 0.0938. The van der Waals surface area contributed by atoms with E-state index in [4.69, 9.17) is 10.5 Å². The first-order valence-electron chi connectivity index (χ1n) is 5.62. The van der Waals surface area contributed by atoms with Gasteiger partial charge in [-0.3, -0.25) is 4.79 Å². The summed E-state index contributed by atoms with van der Waals surface area (Å²) in [5.41, 5.74) is 7.76. The Balaban J connectivity index is 2.55. The molecule has 0 unspecified atom stereocenters. The lowest BCUT2D eigenvalue weighted by Gasteiger charge is -2.10. The van der Waals surface area contributed by atoms with Crippen LogP contribution >= 0.6 is 0 Å². The second-order valence-electron chi connectivity index (χ2n) is 3.88. The van der Waals surface area contributed by atoms with Crippen LogP contribution in [-0.2, 0) is 22.5 Å². The van der Waals surface area contributed by atoms with E-state index in [0.29, 0.717) is 19.6 Å². The molecule has 0 heterocycles. The number of rotatable bonds is 5. The topological polar surface area (TPSA) is 52.3 Å². The van der Waals surface area contributed by atoms with Gasteiger partial charge in [-0.15, -0.1) is 0 Å². The molecule has 1 aromatic rings. The molecule has 0 aliphatic carbocycles. The van der Waals surface area contributed by atoms with Crippen LogP contribution < -0.4 is 5.73 Å². The molecule has 0 aliphatic heterocycles. The Labute approximate surface area is 96.6 Å². The van der Waals surface area contributed by atoms with Gasteiger partial charge in [0.1, 0.15) is 0 Å². The van der Waals surface area contributed by atoms with Crippen LogP contribution in [0.3, 0.4) is 0 Å². The molecular formula is C13H19NO2. The maximum absolute atomic E-state index is 11.4. The quantitative estimate of drug-likeness (QED) is 0.772. The van der Waals surface area contributed by atoms with E-state index in [-0.39, 0.29) is 11.9 Å². The number of carbonyl (C=O) groups is 1. The summed E-state index contributed by atoms with van der Waals surface area (Å²) < 4.78 is 4.96. The summed E-state index contributed by atoms with van der Waals surface area (Å²) in [7, 11) is 0. The second-order valence-corrected chi connectivity index (χ2v) is 3.88. The highest BCUT2D eigenvalue weighted by Gasteiger charge is 2.14. The Morgan fingerprint density at radius 2 is 1.88 bits per heavy atom. The highest BCUT2D eigenvalue weighted by Crippen LogP contribution is 2.11. The second kappa shape index (κ2) is 6.28. The first-order valence-corrected chi connectivity index (χ1v) is 5.62. The molecule has 0 saturated carbocycles. The zero-order valence-corrected chi connectivity index (χ0v) is 9.90. The van der Waals surface area contributed by atoms with Gasteiger partial charge in [0.25, 0.3) is 0 Å². The first-order chi connectivity index (χ1) is 7.67. The maximum Gasteiger partial charge on any atom is 0.308 e. The molecule has 2 N–H and O–H groups in total. The summed E-state index contributed by atoms with van der Waals surface area (Å²) in [5, 5.41) is 0. The highest BCUT2D eigenvalue weighted by atomic mass is 16.5. The Kier molecular flexibility index (Phi) is 4.99. The number of ether oxygens (including phenoxy) is 1. The van der Waals surface area contributed by atoms with Gasteiger partial charge in [0.2, 0.25) is 0 Å². The molecule has 0 aromatic heterocycles. The van der Waals surface area contributed by atoms with Crippen molar-refractivity contribution in [1.29, 1.82) is 0 Å². The summed E-state index contributed by atoms with van der Waals surface area (Å²) in [6, 6.07) is 8.01. The van der Waals surface area contributed by atoms with E-state index < -0.39 is 0 Å².